The van der Waals surface area contributed by atoms with Crippen LogP contribution in [-0.2, 0) is 24.9 Å². The lowest BCUT2D eigenvalue weighted by Crippen LogP contribution is -2.51. The van der Waals surface area contributed by atoms with Gasteiger partial charge in [-0.25, -0.2) is 14.1 Å². The van der Waals surface area contributed by atoms with E-state index in [9.17, 15) is 28.9 Å². The number of carbonyl (C=O) groups is 2. The van der Waals surface area contributed by atoms with Gasteiger partial charge in [-0.1, -0.05) is 11.1 Å². The van der Waals surface area contributed by atoms with Crippen molar-refractivity contribution in [2.75, 3.05) is 26.2 Å². The summed E-state index contributed by atoms with van der Waals surface area (Å²) in [5, 5.41) is 18.6. The number of amides is 2. The number of aromatic nitrogens is 4. The van der Waals surface area contributed by atoms with Crippen molar-refractivity contribution in [2.45, 2.75) is 25.9 Å². The zero-order valence-corrected chi connectivity index (χ0v) is 23.3. The molecule has 13 nitrogen and oxygen atoms in total. The number of nitrogens with one attached hydrogen (secondary N) is 1. The lowest BCUT2D eigenvalue weighted by atomic mass is 10.0. The number of fused-ring (bicyclic) bond motifs is 1. The van der Waals surface area contributed by atoms with E-state index in [2.05, 4.69) is 15.2 Å². The van der Waals surface area contributed by atoms with Gasteiger partial charge in [0, 0.05) is 43.9 Å². The molecule has 0 spiro atoms. The van der Waals surface area contributed by atoms with E-state index in [1.807, 2.05) is 0 Å². The number of nitrogens with zero attached hydrogens (tertiary/aromatic N) is 6. The first kappa shape index (κ1) is 28.0. The van der Waals surface area contributed by atoms with Gasteiger partial charge >= 0.3 is 5.95 Å². The third-order valence-corrected chi connectivity index (χ3v) is 7.89. The van der Waals surface area contributed by atoms with Gasteiger partial charge in [0.05, 0.1) is 23.7 Å². The largest absolute Gasteiger partial charge is 0.486 e. The number of benzene rings is 2. The fourth-order valence-corrected chi connectivity index (χ4v) is 5.25. The molecule has 1 N–H and O–H groups in total. The Labute approximate surface area is 244 Å². The molecule has 2 aromatic carbocycles. The highest BCUT2D eigenvalue weighted by molar-refractivity contribution is 5.95. The fourth-order valence-electron chi connectivity index (χ4n) is 5.25. The van der Waals surface area contributed by atoms with Gasteiger partial charge in [0.1, 0.15) is 24.4 Å². The summed E-state index contributed by atoms with van der Waals surface area (Å²) < 4.78 is 21.9. The molecular formula is C29H28FN7O6. The highest BCUT2D eigenvalue weighted by Crippen LogP contribution is 2.31. The Kier molecular flexibility index (Phi) is 7.34. The average molecular weight is 590 g/mol. The van der Waals surface area contributed by atoms with Gasteiger partial charge in [-0.3, -0.25) is 14.4 Å². The predicted molar refractivity (Wildman–Crippen MR) is 151 cm³/mol. The first-order valence-corrected chi connectivity index (χ1v) is 13.8. The number of piperazine rings is 1. The normalized spacial score (nSPS) is 15.1. The minimum Gasteiger partial charge on any atom is -0.486 e. The summed E-state index contributed by atoms with van der Waals surface area (Å²) in [5.74, 6) is -0.751. The highest BCUT2D eigenvalue weighted by Gasteiger charge is 2.35. The fraction of sp³-hybridized carbons (Fsp3) is 0.345. The van der Waals surface area contributed by atoms with Crippen molar-refractivity contribution in [1.82, 2.24) is 29.5 Å². The smallest absolute Gasteiger partial charge is 0.434 e. The Morgan fingerprint density at radius 3 is 2.53 bits per heavy atom. The van der Waals surface area contributed by atoms with E-state index in [0.29, 0.717) is 59.7 Å². The molecule has 43 heavy (non-hydrogen) atoms. The molecule has 2 aliphatic rings. The quantitative estimate of drug-likeness (QED) is 0.243. The molecule has 1 aliphatic heterocycles. The van der Waals surface area contributed by atoms with Crippen LogP contribution in [-0.4, -0.2) is 72.5 Å². The highest BCUT2D eigenvalue weighted by atomic mass is 19.1. The van der Waals surface area contributed by atoms with Crippen LogP contribution in [0.3, 0.4) is 0 Å². The number of hydrogen-bond acceptors (Lipinski definition) is 8. The van der Waals surface area contributed by atoms with Crippen molar-refractivity contribution in [3.63, 3.8) is 0 Å². The number of nitro groups is 1. The molecule has 1 saturated heterocycles. The second-order valence-electron chi connectivity index (χ2n) is 10.7. The molecule has 6 rings (SSSR count). The number of hydrogen-bond donors (Lipinski definition) is 1. The second kappa shape index (κ2) is 11.3. The van der Waals surface area contributed by atoms with E-state index in [0.717, 1.165) is 12.8 Å². The first-order valence-electron chi connectivity index (χ1n) is 13.8. The van der Waals surface area contributed by atoms with Gasteiger partial charge in [0.2, 0.25) is 5.91 Å². The molecule has 0 radical (unpaired) electrons. The third kappa shape index (κ3) is 5.67. The molecule has 2 amide bonds. The molecule has 0 atom stereocenters. The van der Waals surface area contributed by atoms with Crippen LogP contribution in [0, 0.1) is 21.8 Å². The van der Waals surface area contributed by atoms with Crippen molar-refractivity contribution in [1.29, 1.82) is 0 Å². The number of H-pyrrole nitrogens is 1. The Balaban J connectivity index is 1.17. The summed E-state index contributed by atoms with van der Waals surface area (Å²) >= 11 is 0. The van der Waals surface area contributed by atoms with Crippen LogP contribution >= 0.6 is 0 Å². The molecule has 14 heteroatoms. The monoisotopic (exact) mass is 589 g/mol. The van der Waals surface area contributed by atoms with Crippen LogP contribution in [0.5, 0.6) is 5.75 Å². The number of imidazole rings is 1. The number of halogens is 1. The molecule has 0 bridgehead atoms. The van der Waals surface area contributed by atoms with E-state index >= 15 is 0 Å². The van der Waals surface area contributed by atoms with Gasteiger partial charge in [-0.15, -0.1) is 0 Å². The molecule has 4 aromatic rings. The van der Waals surface area contributed by atoms with Crippen LogP contribution in [0.1, 0.15) is 40.2 Å². The number of rotatable bonds is 8. The molecular weight excluding hydrogens is 561 g/mol. The first-order chi connectivity index (χ1) is 20.7. The summed E-state index contributed by atoms with van der Waals surface area (Å²) in [5.41, 5.74) is 1.13. The van der Waals surface area contributed by atoms with Crippen LogP contribution in [0.2, 0.25) is 0 Å². The summed E-state index contributed by atoms with van der Waals surface area (Å²) in [6.45, 7) is 1.55. The standard InChI is InChI=1S/C29H28FN7O6/c1-34-19(15-31-29(34)37(41)42)16-43-20-5-6-21-22(14-20)26(38)33-32-25(21)13-17-2-7-24(30)23(12-17)28(40)36-10-8-35(9-11-36)27(39)18-3-4-18/h2,5-7,12,14-15,18H,3-4,8-11,13,16H2,1H3,(H,33,38). The summed E-state index contributed by atoms with van der Waals surface area (Å²) in [6, 6.07) is 9.22. The van der Waals surface area contributed by atoms with E-state index in [1.165, 1.54) is 29.9 Å². The van der Waals surface area contributed by atoms with Crippen LogP contribution in [0.15, 0.2) is 47.4 Å². The molecule has 2 fully saturated rings. The lowest BCUT2D eigenvalue weighted by molar-refractivity contribution is -0.396. The summed E-state index contributed by atoms with van der Waals surface area (Å²) in [6.07, 6.45) is 3.41. The van der Waals surface area contributed by atoms with E-state index in [-0.39, 0.29) is 36.4 Å². The number of ether oxygens (including phenoxy) is 1. The second-order valence-corrected chi connectivity index (χ2v) is 10.7. The van der Waals surface area contributed by atoms with Gasteiger partial charge in [0.15, 0.2) is 5.69 Å². The molecule has 2 aromatic heterocycles. The SMILES string of the molecule is Cn1c(COc2ccc3c(Cc4ccc(F)c(C(=O)N5CCN(C(=O)C6CC6)CC5)c4)n[nH]c(=O)c3c2)cnc1[N+](=O)[O-]. The third-order valence-electron chi connectivity index (χ3n) is 7.89. The van der Waals surface area contributed by atoms with Crippen LogP contribution < -0.4 is 10.3 Å². The van der Waals surface area contributed by atoms with Crippen LogP contribution in [0.25, 0.3) is 10.8 Å². The molecule has 1 aliphatic carbocycles. The Hall–Kier alpha value is -5.14. The van der Waals surface area contributed by atoms with Gasteiger partial charge in [-0.2, -0.15) is 5.10 Å². The van der Waals surface area contributed by atoms with Gasteiger partial charge < -0.3 is 24.7 Å². The Bertz CT molecular complexity index is 1810. The molecule has 1 saturated carbocycles. The van der Waals surface area contributed by atoms with Gasteiger partial charge in [-0.05, 0) is 53.7 Å². The molecule has 222 valence electrons. The van der Waals surface area contributed by atoms with Crippen molar-refractivity contribution in [3.05, 3.63) is 91.4 Å². The van der Waals surface area contributed by atoms with Crippen molar-refractivity contribution in [2.24, 2.45) is 13.0 Å². The number of aromatic amines is 1. The summed E-state index contributed by atoms with van der Waals surface area (Å²) in [4.78, 5) is 55.8. The van der Waals surface area contributed by atoms with E-state index in [1.54, 1.807) is 34.1 Å². The maximum absolute atomic E-state index is 14.8. The number of carbonyl (C=O) groups excluding carboxylic acids is 2. The van der Waals surface area contributed by atoms with Crippen molar-refractivity contribution in [3.8, 4) is 5.75 Å². The average Bonchev–Trinajstić information content (AvgIpc) is 3.79. The molecule has 3 heterocycles. The minimum absolute atomic E-state index is 0.00302. The molecule has 0 unspecified atom stereocenters. The van der Waals surface area contributed by atoms with Gasteiger partial charge in [0.25, 0.3) is 11.5 Å². The van der Waals surface area contributed by atoms with E-state index < -0.39 is 22.2 Å². The maximum atomic E-state index is 14.8. The summed E-state index contributed by atoms with van der Waals surface area (Å²) in [7, 11) is 1.51. The minimum atomic E-state index is -0.634. The zero-order valence-electron chi connectivity index (χ0n) is 23.3. The van der Waals surface area contributed by atoms with Crippen molar-refractivity contribution < 1.29 is 23.6 Å². The topological polar surface area (TPSA) is 157 Å². The maximum Gasteiger partial charge on any atom is 0.434 e. The zero-order chi connectivity index (χ0) is 30.2. The lowest BCUT2D eigenvalue weighted by Gasteiger charge is -2.35. The Morgan fingerprint density at radius 1 is 1.09 bits per heavy atom. The van der Waals surface area contributed by atoms with Crippen LogP contribution in [0.4, 0.5) is 10.3 Å². The van der Waals surface area contributed by atoms with E-state index in [4.69, 9.17) is 4.74 Å². The Morgan fingerprint density at radius 2 is 1.84 bits per heavy atom. The van der Waals surface area contributed by atoms with Crippen molar-refractivity contribution >= 4 is 28.5 Å². The predicted octanol–water partition coefficient (Wildman–Crippen LogP) is 2.57.